The van der Waals surface area contributed by atoms with Gasteiger partial charge in [-0.3, -0.25) is 13.6 Å². The third-order valence-corrected chi connectivity index (χ3v) is 9.49. The zero-order valence-corrected chi connectivity index (χ0v) is 28.6. The third-order valence-electron chi connectivity index (χ3n) is 7.99. The van der Waals surface area contributed by atoms with Gasteiger partial charge in [0.05, 0.1) is 19.8 Å². The Bertz CT molecular complexity index is 514. The molecule has 0 amide bonds. The summed E-state index contributed by atoms with van der Waals surface area (Å²) in [4.78, 5) is 0. The minimum Gasteiger partial charge on any atom is -0.287 e. The smallest absolute Gasteiger partial charge is 0.287 e. The van der Waals surface area contributed by atoms with Crippen LogP contribution in [0.4, 0.5) is 0 Å². The molecule has 0 heterocycles. The molecule has 0 bridgehead atoms. The van der Waals surface area contributed by atoms with Crippen molar-refractivity contribution in [1.29, 1.82) is 0 Å². The molecule has 0 aromatic heterocycles. The topological polar surface area (TPSA) is 44.8 Å². The lowest BCUT2D eigenvalue weighted by atomic mass is 10.1. The maximum absolute atomic E-state index is 13.3. The summed E-state index contributed by atoms with van der Waals surface area (Å²) in [6.07, 6.45) is 36.9. The second kappa shape index (κ2) is 33.6. The van der Waals surface area contributed by atoms with Gasteiger partial charge in [-0.2, -0.15) is 0 Å². The van der Waals surface area contributed by atoms with Crippen LogP contribution in [-0.4, -0.2) is 19.8 Å². The number of hydrogen-bond donors (Lipinski definition) is 0. The molecule has 0 rings (SSSR count). The standard InChI is InChI=1S/C35H73O4P/c1-4-7-10-13-16-19-21-23-26-29-32-35-39-40(36,37-33-30-27-24-18-15-12-9-6-3)38-34-31-28-25-22-20-17-14-11-8-5-2/h4-35H2,1-3H3. The highest BCUT2D eigenvalue weighted by molar-refractivity contribution is 7.48. The lowest BCUT2D eigenvalue weighted by molar-refractivity contribution is 0.108. The fourth-order valence-electron chi connectivity index (χ4n) is 5.23. The van der Waals surface area contributed by atoms with Crippen molar-refractivity contribution >= 4 is 7.82 Å². The number of phosphoric acid groups is 1. The number of phosphoric ester groups is 1. The lowest BCUT2D eigenvalue weighted by Crippen LogP contribution is -2.04. The largest absolute Gasteiger partial charge is 0.474 e. The van der Waals surface area contributed by atoms with E-state index in [1.165, 1.54) is 148 Å². The predicted molar refractivity (Wildman–Crippen MR) is 176 cm³/mol. The van der Waals surface area contributed by atoms with Gasteiger partial charge in [-0.05, 0) is 19.3 Å². The first kappa shape index (κ1) is 40.1. The molecule has 0 radical (unpaired) electrons. The van der Waals surface area contributed by atoms with Crippen LogP contribution in [0.15, 0.2) is 0 Å². The van der Waals surface area contributed by atoms with Crippen molar-refractivity contribution in [1.82, 2.24) is 0 Å². The molecule has 0 spiro atoms. The van der Waals surface area contributed by atoms with Crippen LogP contribution in [0.1, 0.15) is 207 Å². The molecule has 0 aliphatic heterocycles. The van der Waals surface area contributed by atoms with E-state index in [9.17, 15) is 4.57 Å². The van der Waals surface area contributed by atoms with Crippen molar-refractivity contribution in [2.24, 2.45) is 0 Å². The van der Waals surface area contributed by atoms with Gasteiger partial charge in [0.2, 0.25) is 0 Å². The molecule has 1 unspecified atom stereocenters. The average Bonchev–Trinajstić information content (AvgIpc) is 2.95. The Labute approximate surface area is 252 Å². The van der Waals surface area contributed by atoms with E-state index in [4.69, 9.17) is 13.6 Å². The Hall–Kier alpha value is 0.110. The van der Waals surface area contributed by atoms with Crippen molar-refractivity contribution < 1.29 is 18.1 Å². The second-order valence-electron chi connectivity index (χ2n) is 12.1. The Morgan fingerprint density at radius 2 is 0.475 bits per heavy atom. The van der Waals surface area contributed by atoms with E-state index in [1.807, 2.05) is 0 Å². The van der Waals surface area contributed by atoms with E-state index in [1.54, 1.807) is 0 Å². The Balaban J connectivity index is 4.05. The zero-order chi connectivity index (χ0) is 29.2. The molecule has 4 nitrogen and oxygen atoms in total. The fraction of sp³-hybridized carbons (Fsp3) is 1.00. The van der Waals surface area contributed by atoms with Gasteiger partial charge in [0.15, 0.2) is 0 Å². The van der Waals surface area contributed by atoms with Crippen molar-refractivity contribution in [3.63, 3.8) is 0 Å². The highest BCUT2D eigenvalue weighted by Crippen LogP contribution is 2.50. The molecular weight excluding hydrogens is 515 g/mol. The van der Waals surface area contributed by atoms with Gasteiger partial charge in [-0.15, -0.1) is 0 Å². The van der Waals surface area contributed by atoms with E-state index >= 15 is 0 Å². The van der Waals surface area contributed by atoms with Crippen molar-refractivity contribution in [2.45, 2.75) is 207 Å². The van der Waals surface area contributed by atoms with Gasteiger partial charge in [-0.1, -0.05) is 188 Å². The highest BCUT2D eigenvalue weighted by Gasteiger charge is 2.26. The van der Waals surface area contributed by atoms with Gasteiger partial charge in [0.1, 0.15) is 0 Å². The average molecular weight is 589 g/mol. The molecule has 0 aromatic carbocycles. The quantitative estimate of drug-likeness (QED) is 0.0545. The maximum Gasteiger partial charge on any atom is 0.474 e. The van der Waals surface area contributed by atoms with E-state index in [0.29, 0.717) is 19.8 Å². The van der Waals surface area contributed by atoms with Crippen LogP contribution in [-0.2, 0) is 18.1 Å². The molecule has 0 aromatic rings. The van der Waals surface area contributed by atoms with Crippen LogP contribution in [0, 0.1) is 0 Å². The molecule has 40 heavy (non-hydrogen) atoms. The first-order chi connectivity index (χ1) is 19.7. The summed E-state index contributed by atoms with van der Waals surface area (Å²) in [7, 11) is -3.45. The van der Waals surface area contributed by atoms with Crippen molar-refractivity contribution in [2.75, 3.05) is 19.8 Å². The van der Waals surface area contributed by atoms with E-state index in [2.05, 4.69) is 20.8 Å². The van der Waals surface area contributed by atoms with E-state index in [0.717, 1.165) is 38.5 Å². The minimum absolute atomic E-state index is 0.475. The van der Waals surface area contributed by atoms with Crippen molar-refractivity contribution in [3.05, 3.63) is 0 Å². The first-order valence-electron chi connectivity index (χ1n) is 18.2. The van der Waals surface area contributed by atoms with Gasteiger partial charge in [0, 0.05) is 0 Å². The maximum atomic E-state index is 13.3. The monoisotopic (exact) mass is 589 g/mol. The van der Waals surface area contributed by atoms with Crippen LogP contribution in [0.3, 0.4) is 0 Å². The third kappa shape index (κ3) is 31.1. The van der Waals surface area contributed by atoms with Gasteiger partial charge >= 0.3 is 7.82 Å². The fourth-order valence-corrected chi connectivity index (χ4v) is 6.51. The molecule has 5 heteroatoms. The Kier molecular flexibility index (Phi) is 33.7. The zero-order valence-electron chi connectivity index (χ0n) is 27.7. The minimum atomic E-state index is -3.45. The van der Waals surface area contributed by atoms with E-state index in [-0.39, 0.29) is 0 Å². The molecule has 242 valence electrons. The second-order valence-corrected chi connectivity index (χ2v) is 13.8. The molecule has 0 saturated heterocycles. The SMILES string of the molecule is CCCCCCCCCCCCCOP(=O)(OCCCCCCCCCC)OCCCCCCCCCCCC. The summed E-state index contributed by atoms with van der Waals surface area (Å²) in [5, 5.41) is 0. The molecule has 1 atom stereocenters. The summed E-state index contributed by atoms with van der Waals surface area (Å²) < 4.78 is 30.6. The molecular formula is C35H73O4P. The Morgan fingerprint density at radius 3 is 0.675 bits per heavy atom. The Morgan fingerprint density at radius 1 is 0.300 bits per heavy atom. The predicted octanol–water partition coefficient (Wildman–Crippen LogP) is 13.5. The number of rotatable bonds is 35. The van der Waals surface area contributed by atoms with Crippen LogP contribution in [0.25, 0.3) is 0 Å². The summed E-state index contributed by atoms with van der Waals surface area (Å²) in [6, 6.07) is 0. The molecule has 0 N–H and O–H groups in total. The van der Waals surface area contributed by atoms with Gasteiger partial charge < -0.3 is 0 Å². The molecule has 0 saturated carbocycles. The highest BCUT2D eigenvalue weighted by atomic mass is 31.2. The molecule has 0 aliphatic carbocycles. The summed E-state index contributed by atoms with van der Waals surface area (Å²) >= 11 is 0. The van der Waals surface area contributed by atoms with Gasteiger partial charge in [0.25, 0.3) is 0 Å². The van der Waals surface area contributed by atoms with Crippen LogP contribution in [0.5, 0.6) is 0 Å². The summed E-state index contributed by atoms with van der Waals surface area (Å²) in [5.41, 5.74) is 0. The number of hydrogen-bond acceptors (Lipinski definition) is 4. The van der Waals surface area contributed by atoms with Crippen LogP contribution in [0.2, 0.25) is 0 Å². The van der Waals surface area contributed by atoms with E-state index < -0.39 is 7.82 Å². The summed E-state index contributed by atoms with van der Waals surface area (Å²) in [5.74, 6) is 0. The lowest BCUT2D eigenvalue weighted by Gasteiger charge is -2.18. The van der Waals surface area contributed by atoms with Crippen LogP contribution >= 0.6 is 7.82 Å². The van der Waals surface area contributed by atoms with Gasteiger partial charge in [-0.25, -0.2) is 4.57 Å². The van der Waals surface area contributed by atoms with Crippen molar-refractivity contribution in [3.8, 4) is 0 Å². The normalized spacial score (nSPS) is 13.2. The first-order valence-corrected chi connectivity index (χ1v) is 19.7. The van der Waals surface area contributed by atoms with Crippen LogP contribution < -0.4 is 0 Å². The summed E-state index contributed by atoms with van der Waals surface area (Å²) in [6.45, 7) is 8.23. The molecule has 0 aliphatic rings. The number of unbranched alkanes of at least 4 members (excludes halogenated alkanes) is 26. The molecule has 0 fully saturated rings.